The van der Waals surface area contributed by atoms with Gasteiger partial charge in [0.2, 0.25) is 5.91 Å². The van der Waals surface area contributed by atoms with E-state index >= 15 is 0 Å². The van der Waals surface area contributed by atoms with Crippen molar-refractivity contribution in [2.45, 2.75) is 25.7 Å². The number of anilines is 1. The van der Waals surface area contributed by atoms with Gasteiger partial charge < -0.3 is 4.90 Å². The van der Waals surface area contributed by atoms with Crippen molar-refractivity contribution in [1.29, 1.82) is 0 Å². The largest absolute Gasteiger partial charge is 0.312 e. The maximum atomic E-state index is 12.4. The zero-order valence-corrected chi connectivity index (χ0v) is 11.7. The second kappa shape index (κ2) is 5.57. The summed E-state index contributed by atoms with van der Waals surface area (Å²) in [6.45, 7) is 0.861. The average Bonchev–Trinajstić information content (AvgIpc) is 2.97. The summed E-state index contributed by atoms with van der Waals surface area (Å²) in [7, 11) is 0. The van der Waals surface area contributed by atoms with E-state index in [1.54, 1.807) is 11.3 Å². The standard InChI is InChI=1S/C16H17NOS/c18-16(10-9-14-7-4-12-19-14)17-11-3-6-13-5-1-2-8-15(13)17/h1-2,4-5,7-8,12H,3,6,9-11H2. The highest BCUT2D eigenvalue weighted by Gasteiger charge is 2.21. The van der Waals surface area contributed by atoms with E-state index in [2.05, 4.69) is 29.6 Å². The molecular weight excluding hydrogens is 254 g/mol. The molecule has 0 saturated heterocycles. The summed E-state index contributed by atoms with van der Waals surface area (Å²) in [6.07, 6.45) is 3.62. The molecule has 0 N–H and O–H groups in total. The Morgan fingerprint density at radius 1 is 1.21 bits per heavy atom. The van der Waals surface area contributed by atoms with Crippen LogP contribution in [-0.2, 0) is 17.6 Å². The predicted octanol–water partition coefficient (Wildman–Crippen LogP) is 3.66. The van der Waals surface area contributed by atoms with Crippen LogP contribution in [0.5, 0.6) is 0 Å². The SMILES string of the molecule is O=C(CCc1cccs1)N1CCCc2ccccc21. The van der Waals surface area contributed by atoms with Crippen molar-refractivity contribution in [3.8, 4) is 0 Å². The highest BCUT2D eigenvalue weighted by Crippen LogP contribution is 2.27. The lowest BCUT2D eigenvalue weighted by atomic mass is 10.0. The summed E-state index contributed by atoms with van der Waals surface area (Å²) in [6, 6.07) is 12.4. The Morgan fingerprint density at radius 3 is 2.95 bits per heavy atom. The first kappa shape index (κ1) is 12.4. The van der Waals surface area contributed by atoms with Crippen LogP contribution in [-0.4, -0.2) is 12.5 Å². The second-order valence-corrected chi connectivity index (χ2v) is 5.89. The molecule has 2 heterocycles. The molecule has 0 fully saturated rings. The minimum atomic E-state index is 0.251. The summed E-state index contributed by atoms with van der Waals surface area (Å²) in [5, 5.41) is 2.07. The molecule has 0 spiro atoms. The Balaban J connectivity index is 1.71. The first-order chi connectivity index (χ1) is 9.34. The summed E-state index contributed by atoms with van der Waals surface area (Å²) >= 11 is 1.73. The number of nitrogens with zero attached hydrogens (tertiary/aromatic N) is 1. The minimum Gasteiger partial charge on any atom is -0.312 e. The number of hydrogen-bond acceptors (Lipinski definition) is 2. The maximum Gasteiger partial charge on any atom is 0.227 e. The molecule has 1 aliphatic heterocycles. The smallest absolute Gasteiger partial charge is 0.227 e. The van der Waals surface area contributed by atoms with E-state index in [1.165, 1.54) is 10.4 Å². The fraction of sp³-hybridized carbons (Fsp3) is 0.312. The van der Waals surface area contributed by atoms with Gasteiger partial charge >= 0.3 is 0 Å². The molecule has 0 aliphatic carbocycles. The molecule has 1 aliphatic rings. The number of carbonyl (C=O) groups excluding carboxylic acids is 1. The Morgan fingerprint density at radius 2 is 2.11 bits per heavy atom. The number of thiophene rings is 1. The quantitative estimate of drug-likeness (QED) is 0.834. The van der Waals surface area contributed by atoms with Gasteiger partial charge in [-0.1, -0.05) is 24.3 Å². The summed E-state index contributed by atoms with van der Waals surface area (Å²) in [4.78, 5) is 15.6. The topological polar surface area (TPSA) is 20.3 Å². The number of para-hydroxylation sites is 1. The number of aryl methyl sites for hydroxylation is 2. The number of carbonyl (C=O) groups is 1. The van der Waals surface area contributed by atoms with Gasteiger partial charge in [0.1, 0.15) is 0 Å². The van der Waals surface area contributed by atoms with E-state index in [9.17, 15) is 4.79 Å². The molecule has 0 atom stereocenters. The van der Waals surface area contributed by atoms with Crippen molar-refractivity contribution in [3.63, 3.8) is 0 Å². The van der Waals surface area contributed by atoms with E-state index in [0.717, 1.165) is 31.5 Å². The molecule has 1 amide bonds. The maximum absolute atomic E-state index is 12.4. The number of benzene rings is 1. The fourth-order valence-electron chi connectivity index (χ4n) is 2.61. The molecular formula is C16H17NOS. The number of hydrogen-bond donors (Lipinski definition) is 0. The summed E-state index contributed by atoms with van der Waals surface area (Å²) < 4.78 is 0. The fourth-order valence-corrected chi connectivity index (χ4v) is 3.32. The van der Waals surface area contributed by atoms with Crippen LogP contribution < -0.4 is 4.90 Å². The molecule has 3 heteroatoms. The third-order valence-electron chi connectivity index (χ3n) is 3.58. The molecule has 1 aromatic carbocycles. The van der Waals surface area contributed by atoms with Crippen LogP contribution in [0.1, 0.15) is 23.3 Å². The molecule has 2 aromatic rings. The van der Waals surface area contributed by atoms with Gasteiger partial charge in [0.05, 0.1) is 0 Å². The molecule has 19 heavy (non-hydrogen) atoms. The summed E-state index contributed by atoms with van der Waals surface area (Å²) in [5.74, 6) is 0.251. The Kier molecular flexibility index (Phi) is 3.65. The minimum absolute atomic E-state index is 0.251. The van der Waals surface area contributed by atoms with Crippen LogP contribution in [0.2, 0.25) is 0 Å². The van der Waals surface area contributed by atoms with Gasteiger partial charge in [-0.2, -0.15) is 0 Å². The lowest BCUT2D eigenvalue weighted by molar-refractivity contribution is -0.118. The predicted molar refractivity (Wildman–Crippen MR) is 79.8 cm³/mol. The van der Waals surface area contributed by atoms with E-state index in [-0.39, 0.29) is 5.91 Å². The Bertz CT molecular complexity index is 562. The molecule has 0 unspecified atom stereocenters. The van der Waals surface area contributed by atoms with Gasteiger partial charge in [-0.25, -0.2) is 0 Å². The first-order valence-corrected chi connectivity index (χ1v) is 7.63. The monoisotopic (exact) mass is 271 g/mol. The van der Waals surface area contributed by atoms with Crippen molar-refractivity contribution in [1.82, 2.24) is 0 Å². The molecule has 0 bridgehead atoms. The van der Waals surface area contributed by atoms with Gasteiger partial charge in [0.25, 0.3) is 0 Å². The van der Waals surface area contributed by atoms with Gasteiger partial charge in [-0.15, -0.1) is 11.3 Å². The highest BCUT2D eigenvalue weighted by atomic mass is 32.1. The van der Waals surface area contributed by atoms with Crippen LogP contribution in [0.3, 0.4) is 0 Å². The van der Waals surface area contributed by atoms with Crippen molar-refractivity contribution < 1.29 is 4.79 Å². The van der Waals surface area contributed by atoms with Crippen LogP contribution in [0.25, 0.3) is 0 Å². The second-order valence-electron chi connectivity index (χ2n) is 4.86. The van der Waals surface area contributed by atoms with Gasteiger partial charge in [0, 0.05) is 23.5 Å². The summed E-state index contributed by atoms with van der Waals surface area (Å²) in [5.41, 5.74) is 2.42. The zero-order chi connectivity index (χ0) is 13.1. The van der Waals surface area contributed by atoms with Crippen LogP contribution in [0, 0.1) is 0 Å². The first-order valence-electron chi connectivity index (χ1n) is 6.75. The van der Waals surface area contributed by atoms with Crippen molar-refractivity contribution >= 4 is 22.9 Å². The number of rotatable bonds is 3. The van der Waals surface area contributed by atoms with Gasteiger partial charge in [-0.3, -0.25) is 4.79 Å². The lowest BCUT2D eigenvalue weighted by Crippen LogP contribution is -2.35. The lowest BCUT2D eigenvalue weighted by Gasteiger charge is -2.29. The highest BCUT2D eigenvalue weighted by molar-refractivity contribution is 7.09. The van der Waals surface area contributed by atoms with Crippen LogP contribution in [0.15, 0.2) is 41.8 Å². The number of fused-ring (bicyclic) bond motifs is 1. The molecule has 0 saturated carbocycles. The Hall–Kier alpha value is -1.61. The van der Waals surface area contributed by atoms with Crippen LogP contribution in [0.4, 0.5) is 5.69 Å². The Labute approximate surface area is 117 Å². The average molecular weight is 271 g/mol. The third kappa shape index (κ3) is 2.71. The molecule has 2 nitrogen and oxygen atoms in total. The van der Waals surface area contributed by atoms with Gasteiger partial charge in [0.15, 0.2) is 0 Å². The van der Waals surface area contributed by atoms with Crippen LogP contribution >= 0.6 is 11.3 Å². The normalized spacial score (nSPS) is 14.2. The van der Waals surface area contributed by atoms with Gasteiger partial charge in [-0.05, 0) is 42.3 Å². The van der Waals surface area contributed by atoms with Crippen molar-refractivity contribution in [3.05, 3.63) is 52.2 Å². The van der Waals surface area contributed by atoms with Crippen molar-refractivity contribution in [2.75, 3.05) is 11.4 Å². The van der Waals surface area contributed by atoms with E-state index < -0.39 is 0 Å². The third-order valence-corrected chi connectivity index (χ3v) is 4.51. The number of amides is 1. The molecule has 1 aromatic heterocycles. The molecule has 98 valence electrons. The van der Waals surface area contributed by atoms with E-state index in [1.807, 2.05) is 17.0 Å². The van der Waals surface area contributed by atoms with E-state index in [4.69, 9.17) is 0 Å². The van der Waals surface area contributed by atoms with Crippen molar-refractivity contribution in [2.24, 2.45) is 0 Å². The molecule has 3 rings (SSSR count). The van der Waals surface area contributed by atoms with E-state index in [0.29, 0.717) is 6.42 Å². The molecule has 0 radical (unpaired) electrons. The zero-order valence-electron chi connectivity index (χ0n) is 10.8.